The predicted molar refractivity (Wildman–Crippen MR) is 115 cm³/mol. The molecule has 154 valence electrons. The van der Waals surface area contributed by atoms with Crippen LogP contribution in [-0.4, -0.2) is 39.6 Å². The Hall–Kier alpha value is -1.41. The van der Waals surface area contributed by atoms with Gasteiger partial charge in [-0.15, -0.1) is 0 Å². The lowest BCUT2D eigenvalue weighted by Crippen LogP contribution is -2.38. The minimum Gasteiger partial charge on any atom is -0.494 e. The van der Waals surface area contributed by atoms with Crippen LogP contribution in [0, 0.1) is 6.92 Å². The van der Waals surface area contributed by atoms with E-state index >= 15 is 0 Å². The third-order valence-electron chi connectivity index (χ3n) is 5.23. The van der Waals surface area contributed by atoms with E-state index in [1.165, 1.54) is 31.2 Å². The number of likely N-dealkylation sites (tertiary alicyclic amines) is 1. The minimum atomic E-state index is -3.58. The molecule has 7 heteroatoms. The van der Waals surface area contributed by atoms with Gasteiger partial charge in [0, 0.05) is 12.6 Å². The molecule has 28 heavy (non-hydrogen) atoms. The van der Waals surface area contributed by atoms with Crippen molar-refractivity contribution in [1.82, 2.24) is 9.62 Å². The normalized spacial score (nSPS) is 17.2. The molecule has 1 unspecified atom stereocenters. The van der Waals surface area contributed by atoms with Crippen LogP contribution < -0.4 is 9.46 Å². The van der Waals surface area contributed by atoms with Gasteiger partial charge in [0.2, 0.25) is 10.0 Å². The average molecular weight is 423 g/mol. The molecular formula is C21H30N2O3S2. The van der Waals surface area contributed by atoms with Gasteiger partial charge in [-0.3, -0.25) is 4.90 Å². The van der Waals surface area contributed by atoms with E-state index in [0.29, 0.717) is 13.2 Å². The van der Waals surface area contributed by atoms with Crippen LogP contribution in [0.15, 0.2) is 39.9 Å². The lowest BCUT2D eigenvalue weighted by molar-refractivity contribution is 0.206. The maximum atomic E-state index is 12.9. The topological polar surface area (TPSA) is 58.6 Å². The number of hydrogen-bond acceptors (Lipinski definition) is 5. The van der Waals surface area contributed by atoms with Gasteiger partial charge in [0.25, 0.3) is 0 Å². The standard InChI is InChI=1S/C21H30N2O3S2/c1-3-26-21-9-8-19(14-17(21)2)28(24,25)22-15-20(18-10-13-27-16-18)23-11-6-4-5-7-12-23/h8-10,13-14,16,20,22H,3-7,11-12,15H2,1-2H3. The van der Waals surface area contributed by atoms with E-state index in [2.05, 4.69) is 26.4 Å². The SMILES string of the molecule is CCOc1ccc(S(=O)(=O)NCC(c2ccsc2)N2CCCCCC2)cc1C. The Morgan fingerprint density at radius 2 is 1.93 bits per heavy atom. The van der Waals surface area contributed by atoms with Gasteiger partial charge in [-0.1, -0.05) is 12.8 Å². The first kappa shape index (κ1) is 21.3. The highest BCUT2D eigenvalue weighted by atomic mass is 32.2. The summed E-state index contributed by atoms with van der Waals surface area (Å²) < 4.78 is 34.2. The molecule has 0 radical (unpaired) electrons. The van der Waals surface area contributed by atoms with E-state index in [4.69, 9.17) is 4.74 Å². The van der Waals surface area contributed by atoms with Gasteiger partial charge in [-0.05, 0) is 85.9 Å². The van der Waals surface area contributed by atoms with Gasteiger partial charge in [-0.2, -0.15) is 11.3 Å². The molecule has 1 aromatic carbocycles. The zero-order chi connectivity index (χ0) is 20.0. The number of aryl methyl sites for hydroxylation is 1. The Morgan fingerprint density at radius 3 is 2.54 bits per heavy atom. The van der Waals surface area contributed by atoms with E-state index in [-0.39, 0.29) is 10.9 Å². The maximum absolute atomic E-state index is 12.9. The van der Waals surface area contributed by atoms with E-state index < -0.39 is 10.0 Å². The number of sulfonamides is 1. The Bertz CT molecular complexity index is 843. The van der Waals surface area contributed by atoms with Crippen molar-refractivity contribution in [3.05, 3.63) is 46.2 Å². The van der Waals surface area contributed by atoms with Crippen LogP contribution in [-0.2, 0) is 10.0 Å². The molecule has 1 fully saturated rings. The van der Waals surface area contributed by atoms with E-state index in [1.54, 1.807) is 29.5 Å². The number of nitrogens with one attached hydrogen (secondary N) is 1. The van der Waals surface area contributed by atoms with Gasteiger partial charge in [-0.25, -0.2) is 13.1 Å². The number of ether oxygens (including phenoxy) is 1. The molecule has 3 rings (SSSR count). The first-order valence-electron chi connectivity index (χ1n) is 10.0. The molecule has 5 nitrogen and oxygen atoms in total. The summed E-state index contributed by atoms with van der Waals surface area (Å²) in [7, 11) is -3.58. The zero-order valence-corrected chi connectivity index (χ0v) is 18.3. The molecule has 1 saturated heterocycles. The molecule has 1 atom stereocenters. The summed E-state index contributed by atoms with van der Waals surface area (Å²) >= 11 is 1.66. The number of nitrogens with zero attached hydrogens (tertiary/aromatic N) is 1. The van der Waals surface area contributed by atoms with Gasteiger partial charge < -0.3 is 4.74 Å². The smallest absolute Gasteiger partial charge is 0.240 e. The van der Waals surface area contributed by atoms with Crippen LogP contribution >= 0.6 is 11.3 Å². The molecule has 0 aliphatic carbocycles. The van der Waals surface area contributed by atoms with Crippen molar-refractivity contribution in [2.75, 3.05) is 26.2 Å². The van der Waals surface area contributed by atoms with E-state index in [0.717, 1.165) is 24.4 Å². The third-order valence-corrected chi connectivity index (χ3v) is 7.36. The molecule has 2 aromatic rings. The first-order chi connectivity index (χ1) is 13.5. The van der Waals surface area contributed by atoms with E-state index in [9.17, 15) is 8.42 Å². The minimum absolute atomic E-state index is 0.0721. The predicted octanol–water partition coefficient (Wildman–Crippen LogP) is 4.35. The van der Waals surface area contributed by atoms with Crippen molar-refractivity contribution in [3.63, 3.8) is 0 Å². The number of rotatable bonds is 8. The monoisotopic (exact) mass is 422 g/mol. The van der Waals surface area contributed by atoms with Gasteiger partial charge >= 0.3 is 0 Å². The molecule has 1 aromatic heterocycles. The molecule has 1 N–H and O–H groups in total. The fourth-order valence-electron chi connectivity index (χ4n) is 3.71. The second-order valence-electron chi connectivity index (χ2n) is 7.23. The van der Waals surface area contributed by atoms with Crippen molar-refractivity contribution in [2.45, 2.75) is 50.5 Å². The molecule has 1 aliphatic rings. The first-order valence-corrected chi connectivity index (χ1v) is 12.4. The molecule has 0 amide bonds. The molecular weight excluding hydrogens is 392 g/mol. The van der Waals surface area contributed by atoms with Crippen LogP contribution in [0.25, 0.3) is 0 Å². The summed E-state index contributed by atoms with van der Waals surface area (Å²) in [5.74, 6) is 0.724. The highest BCUT2D eigenvalue weighted by Gasteiger charge is 2.25. The number of hydrogen-bond donors (Lipinski definition) is 1. The van der Waals surface area contributed by atoms with Crippen molar-refractivity contribution in [2.24, 2.45) is 0 Å². The number of thiophene rings is 1. The van der Waals surface area contributed by atoms with Crippen LogP contribution in [0.2, 0.25) is 0 Å². The Balaban J connectivity index is 1.75. The van der Waals surface area contributed by atoms with Crippen molar-refractivity contribution in [1.29, 1.82) is 0 Å². The summed E-state index contributed by atoms with van der Waals surface area (Å²) in [6, 6.07) is 7.21. The second kappa shape index (κ2) is 9.87. The molecule has 0 bridgehead atoms. The summed E-state index contributed by atoms with van der Waals surface area (Å²) in [5.41, 5.74) is 2.02. The Kier molecular flexibility index (Phi) is 7.51. The Labute approximate surface area is 172 Å². The summed E-state index contributed by atoms with van der Waals surface area (Å²) in [5, 5.41) is 4.19. The van der Waals surface area contributed by atoms with Gasteiger partial charge in [0.1, 0.15) is 5.75 Å². The third kappa shape index (κ3) is 5.35. The van der Waals surface area contributed by atoms with Crippen molar-refractivity contribution < 1.29 is 13.2 Å². The van der Waals surface area contributed by atoms with Crippen LogP contribution in [0.3, 0.4) is 0 Å². The van der Waals surface area contributed by atoms with Crippen LogP contribution in [0.1, 0.15) is 49.8 Å². The van der Waals surface area contributed by atoms with Crippen molar-refractivity contribution in [3.8, 4) is 5.75 Å². The summed E-state index contributed by atoms with van der Waals surface area (Å²) in [4.78, 5) is 2.72. The van der Waals surface area contributed by atoms with Crippen LogP contribution in [0.5, 0.6) is 5.75 Å². The number of benzene rings is 1. The van der Waals surface area contributed by atoms with E-state index in [1.807, 2.05) is 13.8 Å². The van der Waals surface area contributed by atoms with Crippen LogP contribution in [0.4, 0.5) is 0 Å². The fraction of sp³-hybridized carbons (Fsp3) is 0.524. The van der Waals surface area contributed by atoms with Gasteiger partial charge in [0.05, 0.1) is 11.5 Å². The summed E-state index contributed by atoms with van der Waals surface area (Å²) in [6.45, 7) is 6.76. The second-order valence-corrected chi connectivity index (χ2v) is 9.78. The lowest BCUT2D eigenvalue weighted by atomic mass is 10.1. The summed E-state index contributed by atoms with van der Waals surface area (Å²) in [6.07, 6.45) is 4.85. The lowest BCUT2D eigenvalue weighted by Gasteiger charge is -2.30. The highest BCUT2D eigenvalue weighted by molar-refractivity contribution is 7.89. The zero-order valence-electron chi connectivity index (χ0n) is 16.7. The molecule has 0 saturated carbocycles. The van der Waals surface area contributed by atoms with Gasteiger partial charge in [0.15, 0.2) is 0 Å². The molecule has 1 aliphatic heterocycles. The average Bonchev–Trinajstić information content (AvgIpc) is 3.06. The van der Waals surface area contributed by atoms with Crippen molar-refractivity contribution >= 4 is 21.4 Å². The molecule has 2 heterocycles. The Morgan fingerprint density at radius 1 is 1.18 bits per heavy atom. The quantitative estimate of drug-likeness (QED) is 0.687. The fourth-order valence-corrected chi connectivity index (χ4v) is 5.54. The highest BCUT2D eigenvalue weighted by Crippen LogP contribution is 2.27. The molecule has 0 spiro atoms. The largest absolute Gasteiger partial charge is 0.494 e. The maximum Gasteiger partial charge on any atom is 0.240 e.